The monoisotopic (exact) mass is 824 g/mol. The van der Waals surface area contributed by atoms with Crippen LogP contribution in [0, 0.1) is 0 Å². The largest absolute Gasteiger partial charge is 0.310 e. The first-order valence-electron chi connectivity index (χ1n) is 22.1. The minimum Gasteiger partial charge on any atom is -0.310 e. The highest BCUT2D eigenvalue weighted by Gasteiger charge is 2.18. The molecule has 0 fully saturated rings. The van der Waals surface area contributed by atoms with Crippen molar-refractivity contribution in [1.82, 2.24) is 4.57 Å². The summed E-state index contributed by atoms with van der Waals surface area (Å²) in [7, 11) is 0. The summed E-state index contributed by atoms with van der Waals surface area (Å²) in [5.41, 5.74) is 17.0. The number of aromatic nitrogens is 1. The number of hydrogen-bond donors (Lipinski definition) is 0. The Morgan fingerprint density at radius 1 is 0.429 bits per heavy atom. The van der Waals surface area contributed by atoms with Gasteiger partial charge in [-0.1, -0.05) is 158 Å². The molecule has 12 rings (SSSR count). The van der Waals surface area contributed by atoms with Gasteiger partial charge in [-0.2, -0.15) is 0 Å². The van der Waals surface area contributed by atoms with Crippen LogP contribution in [0.4, 0.5) is 17.1 Å². The van der Waals surface area contributed by atoms with E-state index in [1.165, 1.54) is 97.9 Å². The van der Waals surface area contributed by atoms with Gasteiger partial charge in [0, 0.05) is 53.7 Å². The van der Waals surface area contributed by atoms with Crippen molar-refractivity contribution in [2.75, 3.05) is 4.90 Å². The van der Waals surface area contributed by atoms with Crippen molar-refractivity contribution in [3.63, 3.8) is 0 Å². The fourth-order valence-corrected chi connectivity index (χ4v) is 10.9. The molecule has 0 N–H and O–H groups in total. The van der Waals surface area contributed by atoms with Crippen LogP contribution in [0.15, 0.2) is 200 Å². The van der Waals surface area contributed by atoms with E-state index < -0.39 is 0 Å². The smallest absolute Gasteiger partial charge is 0.0541 e. The lowest BCUT2D eigenvalue weighted by Crippen LogP contribution is -2.30. The molecule has 0 radical (unpaired) electrons. The maximum absolute atomic E-state index is 2.44. The third kappa shape index (κ3) is 6.82. The average Bonchev–Trinajstić information content (AvgIpc) is 3.90. The molecular weight excluding hydrogens is 781 g/mol. The van der Waals surface area contributed by atoms with Crippen LogP contribution >= 0.6 is 11.3 Å². The number of fused-ring (bicyclic) bond motifs is 6. The Labute approximate surface area is 372 Å². The number of anilines is 3. The second kappa shape index (κ2) is 15.8. The topological polar surface area (TPSA) is 8.17 Å². The van der Waals surface area contributed by atoms with Crippen LogP contribution in [-0.4, -0.2) is 4.57 Å². The highest BCUT2D eigenvalue weighted by atomic mass is 32.1. The summed E-state index contributed by atoms with van der Waals surface area (Å²) in [4.78, 5) is 3.89. The normalized spacial score (nSPS) is 13.0. The molecule has 2 heterocycles. The lowest BCUT2D eigenvalue weighted by Gasteiger charge is -2.26. The molecule has 2 nitrogen and oxygen atoms in total. The van der Waals surface area contributed by atoms with Crippen LogP contribution in [0.5, 0.6) is 0 Å². The van der Waals surface area contributed by atoms with E-state index in [1.807, 2.05) is 11.3 Å². The summed E-state index contributed by atoms with van der Waals surface area (Å²) in [6.45, 7) is 0. The fourth-order valence-electron chi connectivity index (χ4n) is 9.71. The molecule has 0 aliphatic heterocycles. The third-order valence-corrected chi connectivity index (χ3v) is 14.1. The number of rotatable bonds is 8. The van der Waals surface area contributed by atoms with E-state index in [-0.39, 0.29) is 0 Å². The molecule has 10 aromatic rings. The van der Waals surface area contributed by atoms with E-state index >= 15 is 0 Å². The summed E-state index contributed by atoms with van der Waals surface area (Å²) in [5, 5.41) is 5.30. The lowest BCUT2D eigenvalue weighted by molar-refractivity contribution is 1.02. The Balaban J connectivity index is 0.854. The maximum atomic E-state index is 2.44. The molecule has 2 aliphatic carbocycles. The number of thiophene rings is 1. The Morgan fingerprint density at radius 3 is 1.59 bits per heavy atom. The molecule has 2 aromatic heterocycles. The Kier molecular flexibility index (Phi) is 9.35. The summed E-state index contributed by atoms with van der Waals surface area (Å²) in [5.74, 6) is 0. The van der Waals surface area contributed by atoms with Gasteiger partial charge >= 0.3 is 0 Å². The standard InChI is InChI=1S/C60H44N2S/c1-3-11-41(12-4-1)44-23-30-49(31-24-44)61(52-36-37-55-54-16-8-10-18-59(54)63-60(55)40-52)50-32-25-46(26-33-50)43-19-21-47(22-20-43)48-29-38-58-56(39-48)53-15-7-9-17-57(53)62(58)51-34-27-45(28-35-51)42-13-5-2-6-14-42/h1-6,8,11-17,19-40H,7,9-10,18H2. The molecule has 8 aromatic carbocycles. The predicted octanol–water partition coefficient (Wildman–Crippen LogP) is 15.3. The summed E-state index contributed by atoms with van der Waals surface area (Å²) in [6, 6.07) is 71.4. The Morgan fingerprint density at radius 2 is 0.952 bits per heavy atom. The molecule has 0 saturated carbocycles. The van der Waals surface area contributed by atoms with Crippen molar-refractivity contribution in [2.45, 2.75) is 25.7 Å². The molecule has 300 valence electrons. The zero-order valence-electron chi connectivity index (χ0n) is 34.9. The first-order chi connectivity index (χ1) is 31.2. The van der Waals surface area contributed by atoms with Gasteiger partial charge in [0.05, 0.1) is 5.52 Å². The van der Waals surface area contributed by atoms with E-state index in [2.05, 4.69) is 228 Å². The predicted molar refractivity (Wildman–Crippen MR) is 270 cm³/mol. The van der Waals surface area contributed by atoms with Gasteiger partial charge < -0.3 is 9.47 Å². The van der Waals surface area contributed by atoms with Gasteiger partial charge in [0.1, 0.15) is 0 Å². The lowest BCUT2D eigenvalue weighted by atomic mass is 9.98. The zero-order chi connectivity index (χ0) is 41.7. The highest BCUT2D eigenvalue weighted by Crippen LogP contribution is 2.42. The van der Waals surface area contributed by atoms with E-state index in [0.717, 1.165) is 37.1 Å². The van der Waals surface area contributed by atoms with Gasteiger partial charge in [0.25, 0.3) is 0 Å². The second-order valence-electron chi connectivity index (χ2n) is 16.7. The first-order valence-corrected chi connectivity index (χ1v) is 22.9. The van der Waals surface area contributed by atoms with E-state index in [9.17, 15) is 0 Å². The van der Waals surface area contributed by atoms with E-state index in [4.69, 9.17) is 0 Å². The molecule has 0 saturated heterocycles. The number of hydrogen-bond acceptors (Lipinski definition) is 2. The summed E-state index contributed by atoms with van der Waals surface area (Å²) >= 11 is 1.94. The average molecular weight is 825 g/mol. The fraction of sp³-hybridized carbons (Fsp3) is 0.0667. The van der Waals surface area contributed by atoms with Gasteiger partial charge in [0.2, 0.25) is 0 Å². The number of aryl methyl sites for hydroxylation is 1. The highest BCUT2D eigenvalue weighted by molar-refractivity contribution is 7.19. The molecule has 2 aliphatic rings. The van der Waals surface area contributed by atoms with Crippen LogP contribution in [-0.2, 0) is 6.42 Å². The van der Waals surface area contributed by atoms with Gasteiger partial charge in [-0.25, -0.2) is 0 Å². The van der Waals surface area contributed by atoms with E-state index in [1.54, 1.807) is 0 Å². The minimum atomic E-state index is 1.06. The van der Waals surface area contributed by atoms with Crippen molar-refractivity contribution in [1.29, 1.82) is 0 Å². The van der Waals surface area contributed by atoms with Crippen molar-refractivity contribution in [2.24, 2.45) is 0 Å². The van der Waals surface area contributed by atoms with Crippen LogP contribution < -0.4 is 15.5 Å². The quantitative estimate of drug-likeness (QED) is 0.148. The SMILES string of the molecule is C1=Cc2c(sc3cc(N(c4ccc(-c5ccccc5)cc4)c4ccc(-c5ccc(-c6ccc7c(c6)c6c(n7-c7ccc(-c8ccccc8)cc7)=CCCC=6)cc5)cc4)ccc23)CC1. The molecule has 0 amide bonds. The molecule has 0 bridgehead atoms. The zero-order valence-corrected chi connectivity index (χ0v) is 35.7. The second-order valence-corrected chi connectivity index (χ2v) is 17.8. The van der Waals surface area contributed by atoms with Crippen LogP contribution in [0.3, 0.4) is 0 Å². The Bertz CT molecular complexity index is 3450. The van der Waals surface area contributed by atoms with Crippen LogP contribution in [0.1, 0.15) is 29.7 Å². The third-order valence-electron chi connectivity index (χ3n) is 12.9. The van der Waals surface area contributed by atoms with Crippen molar-refractivity contribution < 1.29 is 0 Å². The van der Waals surface area contributed by atoms with E-state index in [0.29, 0.717) is 0 Å². The maximum Gasteiger partial charge on any atom is 0.0541 e. The molecule has 0 atom stereocenters. The molecule has 3 heteroatoms. The summed E-state index contributed by atoms with van der Waals surface area (Å²) < 4.78 is 3.78. The Hall–Kier alpha value is -7.46. The van der Waals surface area contributed by atoms with Crippen molar-refractivity contribution in [3.8, 4) is 50.2 Å². The van der Waals surface area contributed by atoms with Crippen LogP contribution in [0.25, 0.3) is 89.4 Å². The number of benzene rings is 8. The molecule has 0 unspecified atom stereocenters. The van der Waals surface area contributed by atoms with Crippen molar-refractivity contribution >= 4 is 67.6 Å². The van der Waals surface area contributed by atoms with Crippen LogP contribution in [0.2, 0.25) is 0 Å². The van der Waals surface area contributed by atoms with Crippen molar-refractivity contribution in [3.05, 3.63) is 221 Å². The molecule has 63 heavy (non-hydrogen) atoms. The molecular formula is C60H44N2S. The molecule has 0 spiro atoms. The minimum absolute atomic E-state index is 1.06. The number of allylic oxidation sites excluding steroid dienone is 1. The van der Waals surface area contributed by atoms with Gasteiger partial charge in [-0.05, 0) is 136 Å². The first kappa shape index (κ1) is 37.3. The van der Waals surface area contributed by atoms with Gasteiger partial charge in [-0.15, -0.1) is 11.3 Å². The summed E-state index contributed by atoms with van der Waals surface area (Å²) in [6.07, 6.45) is 13.8. The van der Waals surface area contributed by atoms with Gasteiger partial charge in [-0.3, -0.25) is 0 Å². The number of nitrogens with zero attached hydrogens (tertiary/aromatic N) is 2. The van der Waals surface area contributed by atoms with Gasteiger partial charge in [0.15, 0.2) is 0 Å².